The van der Waals surface area contributed by atoms with Gasteiger partial charge in [0, 0.05) is 30.6 Å². The van der Waals surface area contributed by atoms with Gasteiger partial charge in [-0.25, -0.2) is 0 Å². The van der Waals surface area contributed by atoms with Crippen molar-refractivity contribution in [3.8, 4) is 6.07 Å². The first kappa shape index (κ1) is 21.9. The maximum absolute atomic E-state index is 13.1. The fraction of sp³-hybridized carbons (Fsp3) is 0.409. The molecule has 1 atom stereocenters. The van der Waals surface area contributed by atoms with Gasteiger partial charge in [0.15, 0.2) is 5.76 Å². The third-order valence-corrected chi connectivity index (χ3v) is 5.59. The average molecular weight is 430 g/mol. The Morgan fingerprint density at radius 2 is 2.00 bits per heavy atom. The van der Waals surface area contributed by atoms with Crippen LogP contribution in [0.4, 0.5) is 0 Å². The van der Waals surface area contributed by atoms with Crippen LogP contribution in [0.2, 0.25) is 5.02 Å². The van der Waals surface area contributed by atoms with Crippen LogP contribution in [0.25, 0.3) is 0 Å². The summed E-state index contributed by atoms with van der Waals surface area (Å²) in [5.41, 5.74) is 0.941. The molecule has 1 heterocycles. The molecule has 0 bridgehead atoms. The van der Waals surface area contributed by atoms with Crippen LogP contribution in [-0.2, 0) is 0 Å². The molecule has 2 aromatic rings. The number of halogens is 1. The van der Waals surface area contributed by atoms with Gasteiger partial charge in [-0.05, 0) is 43.4 Å². The van der Waals surface area contributed by atoms with Crippen molar-refractivity contribution in [2.45, 2.75) is 50.2 Å². The van der Waals surface area contributed by atoms with Gasteiger partial charge in [-0.3, -0.25) is 9.59 Å². The van der Waals surface area contributed by atoms with Gasteiger partial charge in [0.2, 0.25) is 0 Å². The molecule has 1 saturated carbocycles. The van der Waals surface area contributed by atoms with Crippen LogP contribution < -0.4 is 10.6 Å². The summed E-state index contributed by atoms with van der Waals surface area (Å²) in [6, 6.07) is 10.5. The first-order valence-electron chi connectivity index (χ1n) is 9.90. The second-order valence-electron chi connectivity index (χ2n) is 7.42. The number of aliphatic hydroxyl groups excluding tert-OH is 1. The standard InChI is InChI=1S/C22H24ClN3O4/c1-25-22(29)19-12-18(21(28)26-15-5-7-16(27)8-6-15)20(30-19)17(9-10-24)13-3-2-4-14(23)11-13/h2-4,11-12,15-17,27H,5-9H2,1H3,(H,25,29)(H,26,28)/t15-,16-,17-/m0/s1. The number of amides is 2. The van der Waals surface area contributed by atoms with E-state index in [0.29, 0.717) is 30.7 Å². The van der Waals surface area contributed by atoms with Crippen LogP contribution in [-0.4, -0.2) is 36.1 Å². The van der Waals surface area contributed by atoms with Crippen molar-refractivity contribution in [3.05, 3.63) is 58.0 Å². The van der Waals surface area contributed by atoms with Crippen molar-refractivity contribution >= 4 is 23.4 Å². The predicted molar refractivity (Wildman–Crippen MR) is 111 cm³/mol. The Morgan fingerprint density at radius 3 is 2.63 bits per heavy atom. The fourth-order valence-electron chi connectivity index (χ4n) is 3.74. The van der Waals surface area contributed by atoms with Crippen molar-refractivity contribution in [3.63, 3.8) is 0 Å². The molecule has 0 saturated heterocycles. The highest BCUT2D eigenvalue weighted by Crippen LogP contribution is 2.34. The first-order chi connectivity index (χ1) is 14.4. The third-order valence-electron chi connectivity index (χ3n) is 5.35. The van der Waals surface area contributed by atoms with Gasteiger partial charge in [-0.2, -0.15) is 5.26 Å². The van der Waals surface area contributed by atoms with Gasteiger partial charge in [0.05, 0.1) is 23.7 Å². The lowest BCUT2D eigenvalue weighted by molar-refractivity contribution is 0.0864. The number of aliphatic hydroxyl groups is 1. The van der Waals surface area contributed by atoms with Gasteiger partial charge in [0.25, 0.3) is 11.8 Å². The summed E-state index contributed by atoms with van der Waals surface area (Å²) in [5.74, 6) is -1.12. The summed E-state index contributed by atoms with van der Waals surface area (Å²) in [5, 5.41) is 25.0. The Morgan fingerprint density at radius 1 is 1.27 bits per heavy atom. The number of nitriles is 1. The molecule has 1 aromatic carbocycles. The van der Waals surface area contributed by atoms with Crippen molar-refractivity contribution < 1.29 is 19.1 Å². The number of hydrogen-bond acceptors (Lipinski definition) is 5. The van der Waals surface area contributed by atoms with Crippen LogP contribution in [0.1, 0.15) is 70.3 Å². The minimum Gasteiger partial charge on any atom is -0.454 e. The highest BCUT2D eigenvalue weighted by atomic mass is 35.5. The number of nitrogens with zero attached hydrogens (tertiary/aromatic N) is 1. The Kier molecular flexibility index (Phi) is 7.14. The molecule has 8 heteroatoms. The molecule has 158 valence electrons. The SMILES string of the molecule is CNC(=O)c1cc(C(=O)N[C@H]2CC[C@H](O)CC2)c([C@@H](CC#N)c2cccc(Cl)c2)o1. The van der Waals surface area contributed by atoms with E-state index in [0.717, 1.165) is 5.56 Å². The van der Waals surface area contributed by atoms with Crippen molar-refractivity contribution in [2.75, 3.05) is 7.05 Å². The van der Waals surface area contributed by atoms with Gasteiger partial charge in [-0.15, -0.1) is 0 Å². The van der Waals surface area contributed by atoms with Crippen LogP contribution in [0, 0.1) is 11.3 Å². The average Bonchev–Trinajstić information content (AvgIpc) is 3.18. The lowest BCUT2D eigenvalue weighted by atomic mass is 9.90. The molecule has 1 fully saturated rings. The third kappa shape index (κ3) is 5.02. The van der Waals surface area contributed by atoms with E-state index < -0.39 is 11.8 Å². The second kappa shape index (κ2) is 9.79. The van der Waals surface area contributed by atoms with E-state index in [-0.39, 0.29) is 41.6 Å². The smallest absolute Gasteiger partial charge is 0.286 e. The fourth-order valence-corrected chi connectivity index (χ4v) is 3.94. The summed E-state index contributed by atoms with van der Waals surface area (Å²) in [4.78, 5) is 25.2. The molecule has 7 nitrogen and oxygen atoms in total. The quantitative estimate of drug-likeness (QED) is 0.651. The van der Waals surface area contributed by atoms with Crippen LogP contribution >= 0.6 is 11.6 Å². The lowest BCUT2D eigenvalue weighted by Crippen LogP contribution is -2.38. The molecule has 1 aliphatic rings. The van der Waals surface area contributed by atoms with Crippen molar-refractivity contribution in [2.24, 2.45) is 0 Å². The molecule has 1 aromatic heterocycles. The van der Waals surface area contributed by atoms with E-state index in [1.54, 1.807) is 24.3 Å². The second-order valence-corrected chi connectivity index (χ2v) is 7.85. The molecule has 1 aliphatic carbocycles. The molecular weight excluding hydrogens is 406 g/mol. The zero-order valence-electron chi connectivity index (χ0n) is 16.7. The van der Waals surface area contributed by atoms with Crippen molar-refractivity contribution in [1.29, 1.82) is 5.26 Å². The Balaban J connectivity index is 1.97. The molecule has 0 radical (unpaired) electrons. The largest absolute Gasteiger partial charge is 0.454 e. The van der Waals surface area contributed by atoms with Crippen LogP contribution in [0.15, 0.2) is 34.7 Å². The number of carbonyl (C=O) groups is 2. The zero-order valence-corrected chi connectivity index (χ0v) is 17.4. The number of rotatable bonds is 6. The van der Waals surface area contributed by atoms with Gasteiger partial charge in [-0.1, -0.05) is 23.7 Å². The maximum atomic E-state index is 13.1. The minimum absolute atomic E-state index is 0.00156. The van der Waals surface area contributed by atoms with E-state index in [9.17, 15) is 20.0 Å². The zero-order chi connectivity index (χ0) is 21.7. The normalized spacial score (nSPS) is 19.5. The summed E-state index contributed by atoms with van der Waals surface area (Å²) in [6.07, 6.45) is 2.34. The topological polar surface area (TPSA) is 115 Å². The minimum atomic E-state index is -0.555. The molecule has 30 heavy (non-hydrogen) atoms. The van der Waals surface area contributed by atoms with Crippen LogP contribution in [0.3, 0.4) is 0 Å². The monoisotopic (exact) mass is 429 g/mol. The van der Waals surface area contributed by atoms with Gasteiger partial charge in [0.1, 0.15) is 5.76 Å². The molecule has 2 amide bonds. The predicted octanol–water partition coefficient (Wildman–Crippen LogP) is 3.37. The summed E-state index contributed by atoms with van der Waals surface area (Å²) >= 11 is 6.12. The first-order valence-corrected chi connectivity index (χ1v) is 10.3. The van der Waals surface area contributed by atoms with E-state index in [2.05, 4.69) is 16.7 Å². The van der Waals surface area contributed by atoms with Gasteiger partial charge < -0.3 is 20.2 Å². The van der Waals surface area contributed by atoms with E-state index in [4.69, 9.17) is 16.0 Å². The number of nitrogens with one attached hydrogen (secondary N) is 2. The van der Waals surface area contributed by atoms with E-state index in [1.807, 2.05) is 0 Å². The number of carbonyl (C=O) groups excluding carboxylic acids is 2. The molecule has 0 spiro atoms. The molecular formula is C22H24ClN3O4. The lowest BCUT2D eigenvalue weighted by Gasteiger charge is -2.26. The maximum Gasteiger partial charge on any atom is 0.286 e. The highest BCUT2D eigenvalue weighted by molar-refractivity contribution is 6.30. The van der Waals surface area contributed by atoms with E-state index in [1.165, 1.54) is 13.1 Å². The Hall–Kier alpha value is -2.82. The molecule has 0 unspecified atom stereocenters. The van der Waals surface area contributed by atoms with Gasteiger partial charge >= 0.3 is 0 Å². The number of furan rings is 1. The summed E-state index contributed by atoms with van der Waals surface area (Å²) in [7, 11) is 1.47. The Bertz CT molecular complexity index is 958. The molecule has 3 rings (SSSR count). The Labute approximate surface area is 180 Å². The van der Waals surface area contributed by atoms with Crippen LogP contribution in [0.5, 0.6) is 0 Å². The number of hydrogen-bond donors (Lipinski definition) is 3. The summed E-state index contributed by atoms with van der Waals surface area (Å²) in [6.45, 7) is 0. The molecule has 0 aliphatic heterocycles. The molecule has 3 N–H and O–H groups in total. The van der Waals surface area contributed by atoms with Crippen molar-refractivity contribution in [1.82, 2.24) is 10.6 Å². The van der Waals surface area contributed by atoms with E-state index >= 15 is 0 Å². The summed E-state index contributed by atoms with van der Waals surface area (Å²) < 4.78 is 5.80. The number of benzene rings is 1. The highest BCUT2D eigenvalue weighted by Gasteiger charge is 2.30.